The normalized spacial score (nSPS) is 8.60. The first kappa shape index (κ1) is 13.1. The van der Waals surface area contributed by atoms with E-state index in [1.165, 1.54) is 0 Å². The van der Waals surface area contributed by atoms with Crippen molar-refractivity contribution >= 4 is 24.4 Å². The minimum absolute atomic E-state index is 0.740. The van der Waals surface area contributed by atoms with Crippen LogP contribution in [0, 0.1) is 5.92 Å². The van der Waals surface area contributed by atoms with Crippen molar-refractivity contribution in [3.63, 3.8) is 0 Å². The topological polar surface area (TPSA) is 69.6 Å². The minimum atomic E-state index is -2.87. The van der Waals surface area contributed by atoms with E-state index in [0.717, 1.165) is 12.5 Å². The Morgan fingerprint density at radius 3 is 1.90 bits per heavy atom. The van der Waals surface area contributed by atoms with E-state index >= 15 is 0 Å². The van der Waals surface area contributed by atoms with Gasteiger partial charge in [0.05, 0.1) is 0 Å². The van der Waals surface area contributed by atoms with Gasteiger partial charge in [0.1, 0.15) is 0 Å². The average Bonchev–Trinajstić information content (AvgIpc) is 1.62. The second-order valence-corrected chi connectivity index (χ2v) is 3.05. The average molecular weight is 233 g/mol. The van der Waals surface area contributed by atoms with Crippen LogP contribution in [-0.2, 0) is 4.57 Å². The maximum absolute atomic E-state index is 8.70. The second kappa shape index (κ2) is 9.46. The fourth-order valence-corrected chi connectivity index (χ4v) is 0.802. The molecule has 0 aliphatic carbocycles. The lowest BCUT2D eigenvalue weighted by molar-refractivity contribution is 0.405. The molecule has 0 aliphatic rings. The quantitative estimate of drug-likeness (QED) is 0.494. The molecule has 62 valence electrons. The third kappa shape index (κ3) is 39.3. The van der Waals surface area contributed by atoms with E-state index in [1.54, 1.807) is 0 Å². The van der Waals surface area contributed by atoms with Gasteiger partial charge in [0, 0.05) is 27.3 Å². The molecule has 0 fully saturated rings. The molecular formula is C4H12BrNO3P+. The molecule has 0 bridgehead atoms. The fraction of sp³-hybridized carbons (Fsp3) is 1.00. The molecule has 0 aliphatic heterocycles. The molecule has 0 spiro atoms. The van der Waals surface area contributed by atoms with Crippen LogP contribution in [-0.4, -0.2) is 16.3 Å². The first-order chi connectivity index (χ1) is 4.50. The maximum atomic E-state index is 8.70. The van der Waals surface area contributed by atoms with Gasteiger partial charge in [-0.15, -0.1) is 9.79 Å². The molecule has 0 unspecified atom stereocenters. The van der Waals surface area contributed by atoms with E-state index < -0.39 is 8.25 Å². The molecule has 10 heavy (non-hydrogen) atoms. The third-order valence-corrected chi connectivity index (χ3v) is 0.809. The first-order valence-electron chi connectivity index (χ1n) is 2.69. The Morgan fingerprint density at radius 1 is 1.60 bits per heavy atom. The van der Waals surface area contributed by atoms with Crippen molar-refractivity contribution in [1.82, 2.24) is 4.34 Å². The van der Waals surface area contributed by atoms with Crippen LogP contribution in [0.4, 0.5) is 0 Å². The van der Waals surface area contributed by atoms with Crippen molar-refractivity contribution in [3.05, 3.63) is 0 Å². The van der Waals surface area contributed by atoms with Gasteiger partial charge in [-0.2, -0.15) is 0 Å². The largest absolute Gasteiger partial charge is 0.692 e. The van der Waals surface area contributed by atoms with Crippen molar-refractivity contribution in [2.24, 2.45) is 5.92 Å². The zero-order valence-corrected chi connectivity index (χ0v) is 8.39. The lowest BCUT2D eigenvalue weighted by Gasteiger charge is -1.96. The summed E-state index contributed by atoms with van der Waals surface area (Å²) in [6.07, 6.45) is 0. The van der Waals surface area contributed by atoms with Gasteiger partial charge in [-0.25, -0.2) is 0 Å². The summed E-state index contributed by atoms with van der Waals surface area (Å²) in [4.78, 5) is 14.2. The molecule has 0 atom stereocenters. The van der Waals surface area contributed by atoms with Crippen molar-refractivity contribution in [2.75, 3.05) is 6.54 Å². The summed E-state index contributed by atoms with van der Waals surface area (Å²) in [5.41, 5.74) is 0. The smallest absolute Gasteiger partial charge is 0.256 e. The molecule has 0 aromatic carbocycles. The van der Waals surface area contributed by atoms with E-state index in [2.05, 4.69) is 34.3 Å². The fourth-order valence-electron chi connectivity index (χ4n) is 0.154. The van der Waals surface area contributed by atoms with Crippen LogP contribution in [0.2, 0.25) is 0 Å². The highest BCUT2D eigenvalue weighted by molar-refractivity contribution is 9.08. The standard InChI is InChI=1S/C4H10BrN.HO3P/c1-4(2)3-6-5;1-4(2)3/h4,6H,3H2,1-2H3;(H-,1,2,3)/p+1. The summed E-state index contributed by atoms with van der Waals surface area (Å²) in [5.74, 6) is 0.740. The maximum Gasteiger partial charge on any atom is 0.692 e. The number of halogens is 1. The molecule has 0 aromatic heterocycles. The van der Waals surface area contributed by atoms with Crippen molar-refractivity contribution in [1.29, 1.82) is 0 Å². The van der Waals surface area contributed by atoms with Crippen LogP contribution in [0.3, 0.4) is 0 Å². The molecule has 0 amide bonds. The molecule has 0 aromatic rings. The summed E-state index contributed by atoms with van der Waals surface area (Å²) in [6.45, 7) is 5.36. The number of hydrogen-bond donors (Lipinski definition) is 3. The van der Waals surface area contributed by atoms with Crippen molar-refractivity contribution in [2.45, 2.75) is 13.8 Å². The molecular weight excluding hydrogens is 221 g/mol. The summed E-state index contributed by atoms with van der Waals surface area (Å²) >= 11 is 3.10. The van der Waals surface area contributed by atoms with Crippen LogP contribution < -0.4 is 4.34 Å². The lowest BCUT2D eigenvalue weighted by Crippen LogP contribution is -2.06. The molecule has 0 rings (SSSR count). The van der Waals surface area contributed by atoms with Crippen LogP contribution in [0.5, 0.6) is 0 Å². The van der Waals surface area contributed by atoms with Crippen molar-refractivity contribution in [3.8, 4) is 0 Å². The van der Waals surface area contributed by atoms with E-state index in [-0.39, 0.29) is 0 Å². The molecule has 6 heteroatoms. The van der Waals surface area contributed by atoms with Gasteiger partial charge in [0.2, 0.25) is 0 Å². The Balaban J connectivity index is 0. The van der Waals surface area contributed by atoms with Gasteiger partial charge >= 0.3 is 8.25 Å². The third-order valence-electron chi connectivity index (χ3n) is 0.485. The van der Waals surface area contributed by atoms with Crippen LogP contribution in [0.15, 0.2) is 0 Å². The Morgan fingerprint density at radius 2 is 1.90 bits per heavy atom. The summed E-state index contributed by atoms with van der Waals surface area (Å²) in [5, 5.41) is 0. The minimum Gasteiger partial charge on any atom is -0.256 e. The SMILES string of the molecule is CC(C)CNBr.O=[P+](O)O. The van der Waals surface area contributed by atoms with Crippen molar-refractivity contribution < 1.29 is 14.4 Å². The second-order valence-electron chi connectivity index (χ2n) is 1.98. The van der Waals surface area contributed by atoms with Crippen LogP contribution in [0.1, 0.15) is 13.8 Å². The zero-order valence-electron chi connectivity index (χ0n) is 5.91. The van der Waals surface area contributed by atoms with Gasteiger partial charge < -0.3 is 0 Å². The highest BCUT2D eigenvalue weighted by atomic mass is 79.9. The number of hydrogen-bond acceptors (Lipinski definition) is 2. The van der Waals surface area contributed by atoms with Gasteiger partial charge in [-0.3, -0.25) is 4.34 Å². The Labute approximate surface area is 69.9 Å². The Kier molecular flexibility index (Phi) is 12.4. The number of nitrogens with one attached hydrogen (secondary N) is 1. The van der Waals surface area contributed by atoms with E-state index in [0.29, 0.717) is 0 Å². The highest BCUT2D eigenvalue weighted by Crippen LogP contribution is 1.98. The summed E-state index contributed by atoms with van der Waals surface area (Å²) in [7, 11) is -2.87. The lowest BCUT2D eigenvalue weighted by atomic mass is 10.2. The van der Waals surface area contributed by atoms with Gasteiger partial charge in [-0.05, 0) is 5.92 Å². The molecule has 0 saturated heterocycles. The van der Waals surface area contributed by atoms with Gasteiger partial charge in [0.25, 0.3) is 0 Å². The highest BCUT2D eigenvalue weighted by Gasteiger charge is 1.93. The van der Waals surface area contributed by atoms with Crippen LogP contribution >= 0.6 is 24.4 Å². The monoisotopic (exact) mass is 232 g/mol. The van der Waals surface area contributed by atoms with Crippen LogP contribution in [0.25, 0.3) is 0 Å². The molecule has 4 nitrogen and oxygen atoms in total. The number of rotatable bonds is 2. The predicted octanol–water partition coefficient (Wildman–Crippen LogP) is 1.17. The Hall–Kier alpha value is 0.460. The molecule has 0 heterocycles. The molecule has 0 radical (unpaired) electrons. The summed E-state index contributed by atoms with van der Waals surface area (Å²) < 4.78 is 11.6. The Bertz CT molecular complexity index is 86.6. The first-order valence-corrected chi connectivity index (χ1v) is 4.65. The van der Waals surface area contributed by atoms with E-state index in [4.69, 9.17) is 14.4 Å². The van der Waals surface area contributed by atoms with Gasteiger partial charge in [0.15, 0.2) is 0 Å². The predicted molar refractivity (Wildman–Crippen MR) is 43.8 cm³/mol. The van der Waals surface area contributed by atoms with Gasteiger partial charge in [-0.1, -0.05) is 13.8 Å². The van der Waals surface area contributed by atoms with E-state index in [1.807, 2.05) is 0 Å². The van der Waals surface area contributed by atoms with E-state index in [9.17, 15) is 0 Å². The summed E-state index contributed by atoms with van der Waals surface area (Å²) in [6, 6.07) is 0. The molecule has 0 saturated carbocycles. The zero-order chi connectivity index (χ0) is 8.57. The molecule has 3 N–H and O–H groups in total.